The molecule has 164 valence electrons. The summed E-state index contributed by atoms with van der Waals surface area (Å²) in [7, 11) is 0. The van der Waals surface area contributed by atoms with Gasteiger partial charge in [-0.05, 0) is 59.5 Å². The van der Waals surface area contributed by atoms with Crippen molar-refractivity contribution in [3.8, 4) is 22.1 Å². The molecule has 0 amide bonds. The van der Waals surface area contributed by atoms with E-state index in [4.69, 9.17) is 4.74 Å². The average molecular weight is 472 g/mol. The number of rotatable bonds is 8. The highest BCUT2D eigenvalue weighted by Crippen LogP contribution is 2.31. The van der Waals surface area contributed by atoms with Crippen LogP contribution in [-0.2, 0) is 0 Å². The van der Waals surface area contributed by atoms with Crippen molar-refractivity contribution in [1.82, 2.24) is 14.8 Å². The fourth-order valence-corrected chi connectivity index (χ4v) is 5.14. The topological polar surface area (TPSA) is 57.0 Å². The van der Waals surface area contributed by atoms with Crippen molar-refractivity contribution in [2.75, 3.05) is 12.4 Å². The van der Waals surface area contributed by atoms with E-state index < -0.39 is 0 Å². The Balaban J connectivity index is 1.43. The van der Waals surface area contributed by atoms with Gasteiger partial charge >= 0.3 is 0 Å². The van der Waals surface area contributed by atoms with Gasteiger partial charge in [-0.15, -0.1) is 21.5 Å². The average Bonchev–Trinajstić information content (AvgIpc) is 3.53. The molecule has 0 spiro atoms. The zero-order chi connectivity index (χ0) is 22.6. The predicted molar refractivity (Wildman–Crippen MR) is 135 cm³/mol. The fraction of sp³-hybridized carbons (Fsp3) is 0.115. The molecule has 2 heterocycles. The third kappa shape index (κ3) is 4.55. The zero-order valence-electron chi connectivity index (χ0n) is 18.0. The number of ether oxygens (including phenoxy) is 1. The summed E-state index contributed by atoms with van der Waals surface area (Å²) in [5, 5.41) is 13.7. The molecule has 0 bridgehead atoms. The summed E-state index contributed by atoms with van der Waals surface area (Å²) >= 11 is 3.00. The summed E-state index contributed by atoms with van der Waals surface area (Å²) in [5.41, 5.74) is 1.62. The molecule has 0 radical (unpaired) electrons. The van der Waals surface area contributed by atoms with Crippen LogP contribution in [0.5, 0.6) is 5.75 Å². The smallest absolute Gasteiger partial charge is 0.196 e. The van der Waals surface area contributed by atoms with Crippen molar-refractivity contribution in [1.29, 1.82) is 0 Å². The van der Waals surface area contributed by atoms with Crippen LogP contribution in [0.25, 0.3) is 27.2 Å². The molecule has 5 aromatic rings. The number of nitrogens with zero attached hydrogens (tertiary/aromatic N) is 3. The molecule has 0 saturated heterocycles. The summed E-state index contributed by atoms with van der Waals surface area (Å²) in [5.74, 6) is 1.91. The predicted octanol–water partition coefficient (Wildman–Crippen LogP) is 6.52. The maximum Gasteiger partial charge on any atom is 0.196 e. The van der Waals surface area contributed by atoms with Gasteiger partial charge in [0.25, 0.3) is 0 Å². The van der Waals surface area contributed by atoms with Crippen LogP contribution in [0.4, 0.5) is 0 Å². The number of thioether (sulfide) groups is 1. The molecule has 0 saturated carbocycles. The summed E-state index contributed by atoms with van der Waals surface area (Å²) in [6.07, 6.45) is 0. The number of fused-ring (bicyclic) bond motifs is 1. The Labute approximate surface area is 200 Å². The van der Waals surface area contributed by atoms with Gasteiger partial charge in [-0.1, -0.05) is 54.2 Å². The van der Waals surface area contributed by atoms with E-state index in [1.807, 2.05) is 95.7 Å². The number of ketones is 1. The maximum absolute atomic E-state index is 13.0. The van der Waals surface area contributed by atoms with Crippen LogP contribution >= 0.6 is 23.1 Å². The molecule has 3 aromatic carbocycles. The van der Waals surface area contributed by atoms with Crippen molar-refractivity contribution in [3.63, 3.8) is 0 Å². The first-order valence-electron chi connectivity index (χ1n) is 10.6. The maximum atomic E-state index is 13.0. The van der Waals surface area contributed by atoms with E-state index in [1.165, 1.54) is 11.8 Å². The molecule has 0 aliphatic carbocycles. The Kier molecular flexibility index (Phi) is 6.24. The van der Waals surface area contributed by atoms with E-state index in [0.29, 0.717) is 17.3 Å². The lowest BCUT2D eigenvalue weighted by molar-refractivity contribution is 0.102. The van der Waals surface area contributed by atoms with E-state index in [0.717, 1.165) is 32.9 Å². The van der Waals surface area contributed by atoms with Crippen LogP contribution in [0.3, 0.4) is 0 Å². The minimum absolute atomic E-state index is 0.0599. The second kappa shape index (κ2) is 9.60. The highest BCUT2D eigenvalue weighted by Gasteiger charge is 2.18. The first kappa shape index (κ1) is 21.4. The first-order chi connectivity index (χ1) is 16.2. The van der Waals surface area contributed by atoms with Crippen molar-refractivity contribution in [3.05, 3.63) is 89.8 Å². The van der Waals surface area contributed by atoms with Crippen LogP contribution in [0.2, 0.25) is 0 Å². The van der Waals surface area contributed by atoms with Crippen molar-refractivity contribution in [2.24, 2.45) is 0 Å². The molecule has 0 aliphatic heterocycles. The van der Waals surface area contributed by atoms with Crippen molar-refractivity contribution < 1.29 is 9.53 Å². The van der Waals surface area contributed by atoms with E-state index >= 15 is 0 Å². The third-order valence-electron chi connectivity index (χ3n) is 5.18. The number of aromatic nitrogens is 3. The second-order valence-corrected chi connectivity index (χ2v) is 9.21. The van der Waals surface area contributed by atoms with Gasteiger partial charge in [0.2, 0.25) is 0 Å². The Hall–Kier alpha value is -3.42. The Morgan fingerprint density at radius 1 is 0.970 bits per heavy atom. The lowest BCUT2D eigenvalue weighted by atomic mass is 10.1. The van der Waals surface area contributed by atoms with Crippen LogP contribution in [0, 0.1) is 0 Å². The minimum atomic E-state index is 0.0599. The van der Waals surface area contributed by atoms with E-state index in [-0.39, 0.29) is 11.5 Å². The van der Waals surface area contributed by atoms with Gasteiger partial charge in [-0.25, -0.2) is 0 Å². The van der Waals surface area contributed by atoms with Crippen molar-refractivity contribution in [2.45, 2.75) is 12.1 Å². The number of carbonyl (C=O) groups is 1. The molecule has 5 rings (SSSR count). The summed E-state index contributed by atoms with van der Waals surface area (Å²) in [4.78, 5) is 14.0. The fourth-order valence-electron chi connectivity index (χ4n) is 3.60. The Morgan fingerprint density at radius 2 is 1.79 bits per heavy atom. The molecule has 0 fully saturated rings. The number of hydrogen-bond donors (Lipinski definition) is 0. The molecule has 33 heavy (non-hydrogen) atoms. The summed E-state index contributed by atoms with van der Waals surface area (Å²) in [6, 6.07) is 25.7. The van der Waals surface area contributed by atoms with E-state index in [1.54, 1.807) is 11.3 Å². The van der Waals surface area contributed by atoms with Gasteiger partial charge in [0.1, 0.15) is 5.75 Å². The Morgan fingerprint density at radius 3 is 2.55 bits per heavy atom. The largest absolute Gasteiger partial charge is 0.494 e. The van der Waals surface area contributed by atoms with E-state index in [9.17, 15) is 4.79 Å². The van der Waals surface area contributed by atoms with Gasteiger partial charge in [0.05, 0.1) is 22.9 Å². The first-order valence-corrected chi connectivity index (χ1v) is 12.5. The molecule has 2 aromatic heterocycles. The highest BCUT2D eigenvalue weighted by molar-refractivity contribution is 7.99. The lowest BCUT2D eigenvalue weighted by Crippen LogP contribution is -2.05. The summed E-state index contributed by atoms with van der Waals surface area (Å²) < 4.78 is 7.58. The molecule has 0 unspecified atom stereocenters. The van der Waals surface area contributed by atoms with Gasteiger partial charge in [0.15, 0.2) is 16.8 Å². The number of hydrogen-bond acceptors (Lipinski definition) is 6. The quantitative estimate of drug-likeness (QED) is 0.190. The zero-order valence-corrected chi connectivity index (χ0v) is 19.6. The normalized spacial score (nSPS) is 11.1. The number of carbonyl (C=O) groups excluding carboxylic acids is 1. The van der Waals surface area contributed by atoms with Crippen LogP contribution in [0.15, 0.2) is 89.4 Å². The summed E-state index contributed by atoms with van der Waals surface area (Å²) in [6.45, 7) is 2.58. The number of Topliss-reactive ketones (excluding diaryl/α,β-unsaturated/α-hetero) is 1. The lowest BCUT2D eigenvalue weighted by Gasteiger charge is -2.11. The number of thiophene rings is 1. The second-order valence-electron chi connectivity index (χ2n) is 7.32. The molecule has 5 nitrogen and oxygen atoms in total. The Bertz CT molecular complexity index is 1390. The monoisotopic (exact) mass is 471 g/mol. The van der Waals surface area contributed by atoms with E-state index in [2.05, 4.69) is 10.2 Å². The van der Waals surface area contributed by atoms with Gasteiger partial charge < -0.3 is 4.74 Å². The van der Waals surface area contributed by atoms with Crippen LogP contribution in [0.1, 0.15) is 17.3 Å². The molecule has 0 N–H and O–H groups in total. The van der Waals surface area contributed by atoms with Gasteiger partial charge in [0, 0.05) is 5.56 Å². The van der Waals surface area contributed by atoms with Gasteiger partial charge in [-0.2, -0.15) is 0 Å². The molecular weight excluding hydrogens is 450 g/mol. The number of benzene rings is 3. The van der Waals surface area contributed by atoms with Crippen LogP contribution < -0.4 is 4.74 Å². The molecule has 7 heteroatoms. The third-order valence-corrected chi connectivity index (χ3v) is 6.98. The molecule has 0 atom stereocenters. The standard InChI is InChI=1S/C26H21N3O2S2/c1-2-31-22-13-11-21(12-14-22)29-25(24-8-5-15-32-24)27-28-26(29)33-17-23(30)20-10-9-18-6-3-4-7-19(18)16-20/h3-16H,2,17H2,1H3. The minimum Gasteiger partial charge on any atom is -0.494 e. The van der Waals surface area contributed by atoms with Crippen LogP contribution in [-0.4, -0.2) is 32.9 Å². The molecule has 0 aliphatic rings. The SMILES string of the molecule is CCOc1ccc(-n2c(SCC(=O)c3ccc4ccccc4c3)nnc2-c2cccs2)cc1. The molecular formula is C26H21N3O2S2. The van der Waals surface area contributed by atoms with Gasteiger partial charge in [-0.3, -0.25) is 9.36 Å². The highest BCUT2D eigenvalue weighted by atomic mass is 32.2. The van der Waals surface area contributed by atoms with Crippen molar-refractivity contribution >= 4 is 39.7 Å².